The van der Waals surface area contributed by atoms with E-state index in [1.165, 1.54) is 19.1 Å². The highest BCUT2D eigenvalue weighted by molar-refractivity contribution is 5.93. The second-order valence-corrected chi connectivity index (χ2v) is 5.43. The number of amides is 2. The van der Waals surface area contributed by atoms with Crippen LogP contribution in [0.5, 0.6) is 0 Å². The number of anilines is 2. The molecule has 3 rings (SSSR count). The molecule has 26 heavy (non-hydrogen) atoms. The van der Waals surface area contributed by atoms with Crippen LogP contribution in [0.25, 0.3) is 11.4 Å². The molecule has 0 fully saturated rings. The molecule has 3 aromatic rings. The number of hydrogen-bond acceptors (Lipinski definition) is 5. The van der Waals surface area contributed by atoms with Crippen molar-refractivity contribution in [3.05, 3.63) is 54.3 Å². The van der Waals surface area contributed by atoms with Crippen LogP contribution in [0.15, 0.2) is 48.5 Å². The summed E-state index contributed by atoms with van der Waals surface area (Å²) < 4.78 is 13.9. The average Bonchev–Trinajstić information content (AvgIpc) is 3.06. The van der Waals surface area contributed by atoms with Crippen LogP contribution in [0.4, 0.5) is 15.8 Å². The summed E-state index contributed by atoms with van der Waals surface area (Å²) in [7, 11) is 0. The Bertz CT molecular complexity index is 941. The number of halogens is 1. The lowest BCUT2D eigenvalue weighted by molar-refractivity contribution is -0.117. The Hall–Kier alpha value is -3.62. The fraction of sp³-hybridized carbons (Fsp3) is 0.118. The summed E-state index contributed by atoms with van der Waals surface area (Å²) in [4.78, 5) is 24.3. The van der Waals surface area contributed by atoms with E-state index in [0.29, 0.717) is 11.5 Å². The lowest BCUT2D eigenvalue weighted by Crippen LogP contribution is -2.21. The number of benzene rings is 2. The van der Waals surface area contributed by atoms with E-state index in [2.05, 4.69) is 26.0 Å². The van der Waals surface area contributed by atoms with Gasteiger partial charge < -0.3 is 10.6 Å². The third kappa shape index (κ3) is 4.26. The van der Waals surface area contributed by atoms with Crippen molar-refractivity contribution in [2.24, 2.45) is 0 Å². The van der Waals surface area contributed by atoms with Gasteiger partial charge >= 0.3 is 0 Å². The van der Waals surface area contributed by atoms with Crippen LogP contribution in [0.2, 0.25) is 0 Å². The minimum Gasteiger partial charge on any atom is -0.326 e. The molecule has 2 amide bonds. The Morgan fingerprint density at radius 2 is 1.88 bits per heavy atom. The topological polar surface area (TPSA) is 102 Å². The lowest BCUT2D eigenvalue weighted by Gasteiger charge is -2.08. The highest BCUT2D eigenvalue weighted by Crippen LogP contribution is 2.19. The maximum Gasteiger partial charge on any atom is 0.248 e. The van der Waals surface area contributed by atoms with Gasteiger partial charge in [-0.1, -0.05) is 30.3 Å². The van der Waals surface area contributed by atoms with Gasteiger partial charge in [0.15, 0.2) is 0 Å². The van der Waals surface area contributed by atoms with Crippen molar-refractivity contribution in [3.63, 3.8) is 0 Å². The second-order valence-electron chi connectivity index (χ2n) is 5.43. The van der Waals surface area contributed by atoms with Gasteiger partial charge in [-0.2, -0.15) is 4.80 Å². The summed E-state index contributed by atoms with van der Waals surface area (Å²) >= 11 is 0. The molecule has 132 valence electrons. The Labute approximate surface area is 148 Å². The Morgan fingerprint density at radius 1 is 1.12 bits per heavy atom. The van der Waals surface area contributed by atoms with E-state index in [-0.39, 0.29) is 18.1 Å². The first-order valence-electron chi connectivity index (χ1n) is 7.71. The number of hydrogen-bond donors (Lipinski definition) is 2. The van der Waals surface area contributed by atoms with E-state index in [4.69, 9.17) is 0 Å². The van der Waals surface area contributed by atoms with Crippen LogP contribution >= 0.6 is 0 Å². The lowest BCUT2D eigenvalue weighted by atomic mass is 10.2. The first kappa shape index (κ1) is 17.2. The monoisotopic (exact) mass is 354 g/mol. The smallest absolute Gasteiger partial charge is 0.248 e. The largest absolute Gasteiger partial charge is 0.326 e. The maximum atomic E-state index is 13.9. The van der Waals surface area contributed by atoms with Crippen molar-refractivity contribution in [2.45, 2.75) is 13.5 Å². The van der Waals surface area contributed by atoms with Crippen LogP contribution < -0.4 is 10.6 Å². The molecule has 9 heteroatoms. The summed E-state index contributed by atoms with van der Waals surface area (Å²) in [5.41, 5.74) is 1.09. The molecule has 0 radical (unpaired) electrons. The third-order valence-electron chi connectivity index (χ3n) is 3.33. The summed E-state index contributed by atoms with van der Waals surface area (Å²) in [6.45, 7) is 1.10. The zero-order valence-electron chi connectivity index (χ0n) is 13.8. The summed E-state index contributed by atoms with van der Waals surface area (Å²) in [6, 6.07) is 13.1. The van der Waals surface area contributed by atoms with Crippen molar-refractivity contribution in [3.8, 4) is 11.4 Å². The van der Waals surface area contributed by atoms with Gasteiger partial charge in [-0.05, 0) is 23.4 Å². The number of nitrogens with zero attached hydrogens (tertiary/aromatic N) is 4. The molecule has 1 aromatic heterocycles. The molecule has 0 unspecified atom stereocenters. The zero-order valence-corrected chi connectivity index (χ0v) is 13.8. The molecule has 0 saturated carbocycles. The summed E-state index contributed by atoms with van der Waals surface area (Å²) in [5, 5.41) is 16.8. The van der Waals surface area contributed by atoms with Gasteiger partial charge in [0.05, 0.1) is 5.69 Å². The normalized spacial score (nSPS) is 10.4. The van der Waals surface area contributed by atoms with Crippen LogP contribution in [-0.2, 0) is 16.1 Å². The summed E-state index contributed by atoms with van der Waals surface area (Å²) in [5.74, 6) is -1.06. The van der Waals surface area contributed by atoms with E-state index in [9.17, 15) is 14.0 Å². The number of rotatable bonds is 5. The van der Waals surface area contributed by atoms with Crippen LogP contribution in [0, 0.1) is 5.82 Å². The van der Waals surface area contributed by atoms with Gasteiger partial charge in [-0.15, -0.1) is 10.2 Å². The fourth-order valence-electron chi connectivity index (χ4n) is 2.23. The summed E-state index contributed by atoms with van der Waals surface area (Å²) in [6.07, 6.45) is 0. The predicted molar refractivity (Wildman–Crippen MR) is 92.6 cm³/mol. The number of carbonyl (C=O) groups is 2. The first-order valence-corrected chi connectivity index (χ1v) is 7.71. The highest BCUT2D eigenvalue weighted by Gasteiger charge is 2.12. The van der Waals surface area contributed by atoms with E-state index in [0.717, 1.165) is 16.4 Å². The first-order chi connectivity index (χ1) is 12.5. The van der Waals surface area contributed by atoms with Crippen molar-refractivity contribution in [2.75, 3.05) is 10.6 Å². The van der Waals surface area contributed by atoms with Gasteiger partial charge in [-0.25, -0.2) is 4.39 Å². The fourth-order valence-corrected chi connectivity index (χ4v) is 2.23. The highest BCUT2D eigenvalue weighted by atomic mass is 19.1. The molecule has 1 heterocycles. The Morgan fingerprint density at radius 3 is 2.62 bits per heavy atom. The van der Waals surface area contributed by atoms with Crippen molar-refractivity contribution >= 4 is 23.2 Å². The molecule has 0 aliphatic carbocycles. The van der Waals surface area contributed by atoms with E-state index >= 15 is 0 Å². The minimum absolute atomic E-state index is 0.0513. The Balaban J connectivity index is 1.68. The number of carbonyl (C=O) groups excluding carboxylic acids is 2. The maximum absolute atomic E-state index is 13.9. The SMILES string of the molecule is CC(=O)Nc1ccc(F)c(NC(=O)Cn2nnc(-c3ccccc3)n2)c1. The van der Waals surface area contributed by atoms with Crippen molar-refractivity contribution in [1.82, 2.24) is 20.2 Å². The number of tetrazole rings is 1. The number of nitrogens with one attached hydrogen (secondary N) is 2. The molecular formula is C17H15FN6O2. The van der Waals surface area contributed by atoms with Gasteiger partial charge in [0, 0.05) is 18.2 Å². The van der Waals surface area contributed by atoms with Gasteiger partial charge in [0.1, 0.15) is 12.4 Å². The predicted octanol–water partition coefficient (Wildman–Crippen LogP) is 2.08. The molecule has 0 atom stereocenters. The molecule has 2 aromatic carbocycles. The van der Waals surface area contributed by atoms with E-state index in [1.54, 1.807) is 0 Å². The molecule has 2 N–H and O–H groups in total. The number of aromatic nitrogens is 4. The third-order valence-corrected chi connectivity index (χ3v) is 3.33. The molecular weight excluding hydrogens is 339 g/mol. The van der Waals surface area contributed by atoms with E-state index in [1.807, 2.05) is 30.3 Å². The van der Waals surface area contributed by atoms with Crippen LogP contribution in [-0.4, -0.2) is 32.0 Å². The molecule has 0 saturated heterocycles. The molecule has 0 aliphatic rings. The second kappa shape index (κ2) is 7.51. The van der Waals surface area contributed by atoms with Gasteiger partial charge in [-0.3, -0.25) is 9.59 Å². The van der Waals surface area contributed by atoms with Crippen LogP contribution in [0.3, 0.4) is 0 Å². The molecule has 8 nitrogen and oxygen atoms in total. The molecule has 0 spiro atoms. The van der Waals surface area contributed by atoms with Gasteiger partial charge in [0.25, 0.3) is 0 Å². The average molecular weight is 354 g/mol. The standard InChI is InChI=1S/C17H15FN6O2/c1-11(25)19-13-7-8-14(18)15(9-13)20-16(26)10-24-22-17(21-23-24)12-5-3-2-4-6-12/h2-9H,10H2,1H3,(H,19,25)(H,20,26). The molecule has 0 bridgehead atoms. The van der Waals surface area contributed by atoms with Crippen molar-refractivity contribution in [1.29, 1.82) is 0 Å². The molecule has 0 aliphatic heterocycles. The minimum atomic E-state index is -0.621. The zero-order chi connectivity index (χ0) is 18.5. The Kier molecular flexibility index (Phi) is 4.97. The van der Waals surface area contributed by atoms with Crippen molar-refractivity contribution < 1.29 is 14.0 Å². The quantitative estimate of drug-likeness (QED) is 0.730. The van der Waals surface area contributed by atoms with Crippen LogP contribution in [0.1, 0.15) is 6.92 Å². The van der Waals surface area contributed by atoms with E-state index < -0.39 is 11.7 Å². The van der Waals surface area contributed by atoms with Gasteiger partial charge in [0.2, 0.25) is 17.6 Å².